The zero-order valence-corrected chi connectivity index (χ0v) is 15.1. The van der Waals surface area contributed by atoms with Crippen molar-refractivity contribution in [1.29, 1.82) is 0 Å². The molecule has 2 rings (SSSR count). The van der Waals surface area contributed by atoms with Crippen molar-refractivity contribution in [2.24, 2.45) is 0 Å². The van der Waals surface area contributed by atoms with Gasteiger partial charge in [-0.2, -0.15) is 0 Å². The summed E-state index contributed by atoms with van der Waals surface area (Å²) in [7, 11) is 0. The third kappa shape index (κ3) is 6.13. The number of nitrogens with one attached hydrogen (secondary N) is 2. The van der Waals surface area contributed by atoms with Crippen LogP contribution in [0.15, 0.2) is 0 Å². The zero-order chi connectivity index (χ0) is 18.2. The number of aliphatic hydroxyl groups is 5. The molecule has 0 saturated carbocycles. The normalized spacial score (nSPS) is 35.6. The van der Waals surface area contributed by atoms with Crippen molar-refractivity contribution in [3.05, 3.63) is 0 Å². The van der Waals surface area contributed by atoms with Crippen LogP contribution in [0.5, 0.6) is 0 Å². The van der Waals surface area contributed by atoms with E-state index < -0.39 is 30.5 Å². The molecule has 0 amide bonds. The highest BCUT2D eigenvalue weighted by Gasteiger charge is 2.39. The second-order valence-corrected chi connectivity index (χ2v) is 7.65. The van der Waals surface area contributed by atoms with Crippen LogP contribution in [0.4, 0.5) is 0 Å². The Morgan fingerprint density at radius 2 is 1.64 bits per heavy atom. The van der Waals surface area contributed by atoms with Crippen molar-refractivity contribution >= 4 is 0 Å². The van der Waals surface area contributed by atoms with Gasteiger partial charge < -0.3 is 36.2 Å². The van der Waals surface area contributed by atoms with Crippen LogP contribution in [0.3, 0.4) is 0 Å². The first kappa shape index (κ1) is 21.0. The molecule has 7 atom stereocenters. The molecule has 0 spiro atoms. The first-order valence-electron chi connectivity index (χ1n) is 9.87. The van der Waals surface area contributed by atoms with Gasteiger partial charge in [0.15, 0.2) is 0 Å². The Kier molecular flexibility index (Phi) is 9.06. The predicted molar refractivity (Wildman–Crippen MR) is 95.2 cm³/mol. The highest BCUT2D eigenvalue weighted by molar-refractivity contribution is 4.97. The van der Waals surface area contributed by atoms with Crippen LogP contribution in [0.1, 0.15) is 57.8 Å². The average Bonchev–Trinajstić information content (AvgIpc) is 2.92. The maximum Gasteiger partial charge on any atom is 0.0989 e. The van der Waals surface area contributed by atoms with Crippen LogP contribution in [-0.2, 0) is 0 Å². The predicted octanol–water partition coefficient (Wildman–Crippen LogP) is -0.755. The van der Waals surface area contributed by atoms with E-state index in [0.29, 0.717) is 6.42 Å². The minimum atomic E-state index is -0.903. The number of unbranched alkanes of at least 4 members (excludes halogenated alkanes) is 3. The minimum Gasteiger partial charge on any atom is -0.395 e. The van der Waals surface area contributed by atoms with Gasteiger partial charge in [-0.15, -0.1) is 0 Å². The zero-order valence-electron chi connectivity index (χ0n) is 15.1. The van der Waals surface area contributed by atoms with Gasteiger partial charge in [0.2, 0.25) is 0 Å². The molecule has 2 saturated heterocycles. The number of rotatable bonds is 10. The molecule has 0 aromatic heterocycles. The van der Waals surface area contributed by atoms with Crippen molar-refractivity contribution in [2.45, 2.75) is 100 Å². The molecule has 7 heteroatoms. The van der Waals surface area contributed by atoms with Crippen molar-refractivity contribution in [1.82, 2.24) is 10.6 Å². The van der Waals surface area contributed by atoms with E-state index in [1.54, 1.807) is 0 Å². The van der Waals surface area contributed by atoms with E-state index in [2.05, 4.69) is 10.6 Å². The fraction of sp³-hybridized carbons (Fsp3) is 1.00. The van der Waals surface area contributed by atoms with Gasteiger partial charge in [-0.1, -0.05) is 32.1 Å². The minimum absolute atomic E-state index is 0.0181. The number of aliphatic hydroxyl groups excluding tert-OH is 5. The van der Waals surface area contributed by atoms with Gasteiger partial charge in [0, 0.05) is 12.1 Å². The van der Waals surface area contributed by atoms with Gasteiger partial charge in [-0.25, -0.2) is 0 Å². The van der Waals surface area contributed by atoms with Gasteiger partial charge in [0.05, 0.1) is 37.1 Å². The fourth-order valence-corrected chi connectivity index (χ4v) is 4.04. The smallest absolute Gasteiger partial charge is 0.0989 e. The van der Waals surface area contributed by atoms with Gasteiger partial charge in [0.25, 0.3) is 0 Å². The lowest BCUT2D eigenvalue weighted by molar-refractivity contribution is -0.0145. The molecular formula is C18H36N2O5. The summed E-state index contributed by atoms with van der Waals surface area (Å²) < 4.78 is 0. The van der Waals surface area contributed by atoms with E-state index in [4.69, 9.17) is 5.11 Å². The van der Waals surface area contributed by atoms with Crippen LogP contribution in [0.2, 0.25) is 0 Å². The van der Waals surface area contributed by atoms with Crippen LogP contribution < -0.4 is 10.6 Å². The molecule has 2 aliphatic rings. The van der Waals surface area contributed by atoms with E-state index in [0.717, 1.165) is 57.9 Å². The van der Waals surface area contributed by atoms with Gasteiger partial charge in [-0.3, -0.25) is 0 Å². The SMILES string of the molecule is OC[C@@H]1N[C@@H](CCCCCC[C@@H](O)[C@H](O)[C@@H]2CCCCN2)[C@H](O)[C@H]1O. The van der Waals surface area contributed by atoms with E-state index in [9.17, 15) is 20.4 Å². The summed E-state index contributed by atoms with van der Waals surface area (Å²) in [4.78, 5) is 0. The summed E-state index contributed by atoms with van der Waals surface area (Å²) in [6, 6.07) is -0.591. The molecule has 25 heavy (non-hydrogen) atoms. The van der Waals surface area contributed by atoms with Gasteiger partial charge in [-0.05, 0) is 32.2 Å². The lowest BCUT2D eigenvalue weighted by atomic mass is 9.94. The van der Waals surface area contributed by atoms with Crippen molar-refractivity contribution in [3.63, 3.8) is 0 Å². The largest absolute Gasteiger partial charge is 0.395 e. The number of hydrogen-bond acceptors (Lipinski definition) is 7. The monoisotopic (exact) mass is 360 g/mol. The lowest BCUT2D eigenvalue weighted by Crippen LogP contribution is -2.48. The van der Waals surface area contributed by atoms with Crippen LogP contribution in [-0.4, -0.2) is 81.2 Å². The third-order valence-electron chi connectivity index (χ3n) is 5.72. The Labute approximate surface area is 150 Å². The Hall–Kier alpha value is -0.280. The molecule has 0 aromatic rings. The maximum atomic E-state index is 10.2. The topological polar surface area (TPSA) is 125 Å². The standard InChI is InChI=1S/C18H36N2O5/c21-11-14-18(25)17(24)13(20-14)8-3-1-2-4-9-15(22)16(23)12-7-5-6-10-19-12/h12-25H,1-11H2/t12-,13-,14-,15+,16+,17-,18-/m0/s1. The highest BCUT2D eigenvalue weighted by atomic mass is 16.3. The molecule has 0 aliphatic carbocycles. The summed E-state index contributed by atoms with van der Waals surface area (Å²) in [6.45, 7) is 0.742. The van der Waals surface area contributed by atoms with Crippen molar-refractivity contribution in [3.8, 4) is 0 Å². The molecule has 0 unspecified atom stereocenters. The molecule has 7 N–H and O–H groups in total. The Morgan fingerprint density at radius 3 is 2.28 bits per heavy atom. The molecule has 2 heterocycles. The van der Waals surface area contributed by atoms with Crippen molar-refractivity contribution < 1.29 is 25.5 Å². The third-order valence-corrected chi connectivity index (χ3v) is 5.72. The first-order chi connectivity index (χ1) is 12.0. The van der Waals surface area contributed by atoms with Crippen molar-refractivity contribution in [2.75, 3.05) is 13.2 Å². The number of hydrogen-bond donors (Lipinski definition) is 7. The summed E-state index contributed by atoms with van der Waals surface area (Å²) >= 11 is 0. The Morgan fingerprint density at radius 1 is 0.920 bits per heavy atom. The summed E-state index contributed by atoms with van der Waals surface area (Å²) in [6.07, 6.45) is 5.19. The number of piperidine rings is 1. The molecule has 0 aromatic carbocycles. The molecule has 2 aliphatic heterocycles. The summed E-state index contributed by atoms with van der Waals surface area (Å²) in [5, 5.41) is 55.5. The molecule has 0 bridgehead atoms. The molecule has 7 nitrogen and oxygen atoms in total. The molecule has 148 valence electrons. The summed E-state index contributed by atoms with van der Waals surface area (Å²) in [5.74, 6) is 0. The Balaban J connectivity index is 1.53. The lowest BCUT2D eigenvalue weighted by Gasteiger charge is -2.30. The van der Waals surface area contributed by atoms with Crippen LogP contribution in [0.25, 0.3) is 0 Å². The van der Waals surface area contributed by atoms with E-state index >= 15 is 0 Å². The van der Waals surface area contributed by atoms with E-state index in [1.165, 1.54) is 0 Å². The molecule has 2 fully saturated rings. The van der Waals surface area contributed by atoms with Gasteiger partial charge >= 0.3 is 0 Å². The Bertz CT molecular complexity index is 367. The van der Waals surface area contributed by atoms with E-state index in [1.807, 2.05) is 0 Å². The molecular weight excluding hydrogens is 324 g/mol. The average molecular weight is 360 g/mol. The van der Waals surface area contributed by atoms with Gasteiger partial charge in [0.1, 0.15) is 0 Å². The highest BCUT2D eigenvalue weighted by Crippen LogP contribution is 2.20. The van der Waals surface area contributed by atoms with E-state index in [-0.39, 0.29) is 18.7 Å². The first-order valence-corrected chi connectivity index (χ1v) is 9.87. The maximum absolute atomic E-state index is 10.2. The quantitative estimate of drug-likeness (QED) is 0.256. The molecule has 0 radical (unpaired) electrons. The van der Waals surface area contributed by atoms with Crippen LogP contribution >= 0.6 is 0 Å². The fourth-order valence-electron chi connectivity index (χ4n) is 4.04. The summed E-state index contributed by atoms with van der Waals surface area (Å²) in [5.41, 5.74) is 0. The van der Waals surface area contributed by atoms with Crippen LogP contribution in [0, 0.1) is 0 Å². The second kappa shape index (κ2) is 10.8. The second-order valence-electron chi connectivity index (χ2n) is 7.65.